The van der Waals surface area contributed by atoms with Crippen LogP contribution in [-0.4, -0.2) is 57.4 Å². The highest BCUT2D eigenvalue weighted by Gasteiger charge is 2.33. The minimum Gasteiger partial charge on any atom is -0.369 e. The Bertz CT molecular complexity index is 903. The van der Waals surface area contributed by atoms with Crippen LogP contribution in [-0.2, 0) is 16.4 Å². The van der Waals surface area contributed by atoms with Crippen LogP contribution in [0.1, 0.15) is 24.1 Å². The quantitative estimate of drug-likeness (QED) is 0.815. The van der Waals surface area contributed by atoms with Crippen LogP contribution in [0.25, 0.3) is 0 Å². The molecule has 0 amide bonds. The summed E-state index contributed by atoms with van der Waals surface area (Å²) in [5.41, 5.74) is 3.46. The maximum atomic E-state index is 13.2. The topological polar surface area (TPSA) is 43.9 Å². The van der Waals surface area contributed by atoms with Gasteiger partial charge in [0, 0.05) is 44.5 Å². The van der Waals surface area contributed by atoms with Crippen molar-refractivity contribution in [2.75, 3.05) is 44.7 Å². The SMILES string of the molecule is CC1c2ccccc2CCN1S(=O)(=O)c1ccc(N2CCN(C)CC2)cc1. The Labute approximate surface area is 162 Å². The minimum absolute atomic E-state index is 0.141. The monoisotopic (exact) mass is 385 g/mol. The molecule has 2 aliphatic rings. The van der Waals surface area contributed by atoms with Crippen molar-refractivity contribution in [2.45, 2.75) is 24.3 Å². The van der Waals surface area contributed by atoms with Gasteiger partial charge in [0.1, 0.15) is 0 Å². The number of rotatable bonds is 3. The highest BCUT2D eigenvalue weighted by Crippen LogP contribution is 2.34. The van der Waals surface area contributed by atoms with E-state index in [-0.39, 0.29) is 6.04 Å². The van der Waals surface area contributed by atoms with Crippen molar-refractivity contribution in [1.82, 2.24) is 9.21 Å². The number of sulfonamides is 1. The van der Waals surface area contributed by atoms with Crippen molar-refractivity contribution >= 4 is 15.7 Å². The average molecular weight is 386 g/mol. The zero-order chi connectivity index (χ0) is 19.0. The second-order valence-corrected chi connectivity index (χ2v) is 9.42. The van der Waals surface area contributed by atoms with Crippen LogP contribution in [0.15, 0.2) is 53.4 Å². The average Bonchev–Trinajstić information content (AvgIpc) is 2.69. The van der Waals surface area contributed by atoms with Crippen LogP contribution in [0.2, 0.25) is 0 Å². The molecule has 1 atom stereocenters. The first-order valence-electron chi connectivity index (χ1n) is 9.60. The summed E-state index contributed by atoms with van der Waals surface area (Å²) < 4.78 is 28.1. The molecule has 2 heterocycles. The van der Waals surface area contributed by atoms with Gasteiger partial charge in [-0.2, -0.15) is 4.31 Å². The van der Waals surface area contributed by atoms with E-state index in [0.29, 0.717) is 11.4 Å². The van der Waals surface area contributed by atoms with E-state index >= 15 is 0 Å². The molecule has 0 saturated carbocycles. The van der Waals surface area contributed by atoms with Gasteiger partial charge in [0.25, 0.3) is 0 Å². The Balaban J connectivity index is 1.56. The first-order valence-corrected chi connectivity index (χ1v) is 11.0. The van der Waals surface area contributed by atoms with E-state index in [1.165, 1.54) is 5.56 Å². The van der Waals surface area contributed by atoms with Crippen LogP contribution in [0.5, 0.6) is 0 Å². The molecule has 0 N–H and O–H groups in total. The summed E-state index contributed by atoms with van der Waals surface area (Å²) >= 11 is 0. The summed E-state index contributed by atoms with van der Waals surface area (Å²) in [5.74, 6) is 0. The van der Waals surface area contributed by atoms with Crippen molar-refractivity contribution in [3.05, 3.63) is 59.7 Å². The Morgan fingerprint density at radius 2 is 1.56 bits per heavy atom. The largest absolute Gasteiger partial charge is 0.369 e. The van der Waals surface area contributed by atoms with Crippen molar-refractivity contribution in [2.24, 2.45) is 0 Å². The zero-order valence-electron chi connectivity index (χ0n) is 16.0. The van der Waals surface area contributed by atoms with Crippen LogP contribution < -0.4 is 4.90 Å². The third-order valence-corrected chi connectivity index (χ3v) is 7.83. The molecule has 0 spiro atoms. The van der Waals surface area contributed by atoms with Gasteiger partial charge in [-0.3, -0.25) is 0 Å². The highest BCUT2D eigenvalue weighted by molar-refractivity contribution is 7.89. The number of hydrogen-bond donors (Lipinski definition) is 0. The van der Waals surface area contributed by atoms with E-state index in [2.05, 4.69) is 22.9 Å². The molecule has 2 aromatic carbocycles. The first kappa shape index (κ1) is 18.5. The van der Waals surface area contributed by atoms with Gasteiger partial charge in [-0.05, 0) is 55.8 Å². The molecule has 2 aliphatic heterocycles. The van der Waals surface area contributed by atoms with Gasteiger partial charge in [0.05, 0.1) is 4.90 Å². The van der Waals surface area contributed by atoms with Gasteiger partial charge in [-0.15, -0.1) is 0 Å². The lowest BCUT2D eigenvalue weighted by Gasteiger charge is -2.35. The summed E-state index contributed by atoms with van der Waals surface area (Å²) in [7, 11) is -1.37. The van der Waals surface area contributed by atoms with E-state index in [4.69, 9.17) is 0 Å². The summed E-state index contributed by atoms with van der Waals surface area (Å²) in [6.45, 7) is 6.52. The van der Waals surface area contributed by atoms with Crippen molar-refractivity contribution < 1.29 is 8.42 Å². The lowest BCUT2D eigenvalue weighted by molar-refractivity contribution is 0.313. The Hall–Kier alpha value is -1.89. The smallest absolute Gasteiger partial charge is 0.243 e. The normalized spacial score (nSPS) is 21.9. The molecule has 1 fully saturated rings. The van der Waals surface area contributed by atoms with E-state index in [1.807, 2.05) is 37.3 Å². The van der Waals surface area contributed by atoms with Crippen LogP contribution in [0.3, 0.4) is 0 Å². The lowest BCUT2D eigenvalue weighted by Crippen LogP contribution is -2.44. The van der Waals surface area contributed by atoms with Gasteiger partial charge in [-0.1, -0.05) is 24.3 Å². The standard InChI is InChI=1S/C21H27N3O2S/c1-17-21-6-4-3-5-18(21)11-12-24(17)27(25,26)20-9-7-19(8-10-20)23-15-13-22(2)14-16-23/h3-10,17H,11-16H2,1-2H3. The molecule has 2 aromatic rings. The summed E-state index contributed by atoms with van der Waals surface area (Å²) in [6, 6.07) is 15.4. The van der Waals surface area contributed by atoms with E-state index in [1.54, 1.807) is 16.4 Å². The van der Waals surface area contributed by atoms with Gasteiger partial charge in [0.15, 0.2) is 0 Å². The van der Waals surface area contributed by atoms with Gasteiger partial charge in [-0.25, -0.2) is 8.42 Å². The van der Waals surface area contributed by atoms with Crippen molar-refractivity contribution in [1.29, 1.82) is 0 Å². The molecular weight excluding hydrogens is 358 g/mol. The van der Waals surface area contributed by atoms with Gasteiger partial charge in [0.2, 0.25) is 10.0 Å². The Morgan fingerprint density at radius 3 is 2.26 bits per heavy atom. The third-order valence-electron chi connectivity index (χ3n) is 5.85. The molecule has 4 rings (SSSR count). The number of hydrogen-bond acceptors (Lipinski definition) is 4. The predicted molar refractivity (Wildman–Crippen MR) is 109 cm³/mol. The lowest BCUT2D eigenvalue weighted by atomic mass is 9.96. The number of piperazine rings is 1. The molecule has 0 aromatic heterocycles. The second kappa shape index (κ2) is 7.26. The van der Waals surface area contributed by atoms with Crippen molar-refractivity contribution in [3.8, 4) is 0 Å². The maximum Gasteiger partial charge on any atom is 0.243 e. The molecule has 0 radical (unpaired) electrons. The fourth-order valence-corrected chi connectivity index (χ4v) is 5.72. The molecule has 0 bridgehead atoms. The van der Waals surface area contributed by atoms with E-state index in [0.717, 1.165) is 43.9 Å². The van der Waals surface area contributed by atoms with Gasteiger partial charge >= 0.3 is 0 Å². The summed E-state index contributed by atoms with van der Waals surface area (Å²) in [6.07, 6.45) is 0.763. The fourth-order valence-electron chi connectivity index (χ4n) is 4.11. The highest BCUT2D eigenvalue weighted by atomic mass is 32.2. The number of benzene rings is 2. The molecule has 5 nitrogen and oxygen atoms in total. The maximum absolute atomic E-state index is 13.2. The number of likely N-dealkylation sites (N-methyl/N-ethyl adjacent to an activating group) is 1. The second-order valence-electron chi connectivity index (χ2n) is 7.52. The molecule has 144 valence electrons. The number of fused-ring (bicyclic) bond motifs is 1. The predicted octanol–water partition coefficient (Wildman–Crippen LogP) is 2.75. The van der Waals surface area contributed by atoms with Crippen molar-refractivity contribution in [3.63, 3.8) is 0 Å². The molecule has 0 aliphatic carbocycles. The fraction of sp³-hybridized carbons (Fsp3) is 0.429. The zero-order valence-corrected chi connectivity index (χ0v) is 16.8. The van der Waals surface area contributed by atoms with E-state index < -0.39 is 10.0 Å². The van der Waals surface area contributed by atoms with Crippen LogP contribution >= 0.6 is 0 Å². The molecule has 27 heavy (non-hydrogen) atoms. The Morgan fingerprint density at radius 1 is 0.889 bits per heavy atom. The first-order chi connectivity index (χ1) is 13.0. The third kappa shape index (κ3) is 3.49. The van der Waals surface area contributed by atoms with E-state index in [9.17, 15) is 8.42 Å². The van der Waals surface area contributed by atoms with Crippen LogP contribution in [0.4, 0.5) is 5.69 Å². The van der Waals surface area contributed by atoms with Gasteiger partial charge < -0.3 is 9.80 Å². The molecular formula is C21H27N3O2S. The number of nitrogens with zero attached hydrogens (tertiary/aromatic N) is 3. The summed E-state index contributed by atoms with van der Waals surface area (Å²) in [4.78, 5) is 5.01. The number of anilines is 1. The molecule has 1 saturated heterocycles. The van der Waals surface area contributed by atoms with Crippen LogP contribution in [0, 0.1) is 0 Å². The Kier molecular flexibility index (Phi) is 4.97. The molecule has 6 heteroatoms. The minimum atomic E-state index is -3.50. The summed E-state index contributed by atoms with van der Waals surface area (Å²) in [5, 5.41) is 0. The molecule has 1 unspecified atom stereocenters.